The number of nitrogens with one attached hydrogen (secondary N) is 3. The molecule has 4 heterocycles. The number of rotatable bonds is 5. The zero-order valence-electron chi connectivity index (χ0n) is 16.0. The van der Waals surface area contributed by atoms with Gasteiger partial charge in [0.25, 0.3) is 0 Å². The van der Waals surface area contributed by atoms with Crippen LogP contribution in [0.2, 0.25) is 0 Å². The third-order valence-electron chi connectivity index (χ3n) is 7.32. The highest BCUT2D eigenvalue weighted by Gasteiger charge is 2.45. The van der Waals surface area contributed by atoms with Crippen molar-refractivity contribution in [3.05, 3.63) is 0 Å². The lowest BCUT2D eigenvalue weighted by Gasteiger charge is -2.38. The van der Waals surface area contributed by atoms with Gasteiger partial charge in [-0.1, -0.05) is 0 Å². The molecule has 6 atom stereocenters. The standard InChI is InChI=1S/C19H35N5O2/c1-2-16(24(7-1)13-14-3-4-14)19-21-18(22-26-19)15-5-6-20-17(12-15)23-8-10-25-11-9-23/h14-22H,1-13H2/p+2/t15?,16-,17?,18?,19?/m1/s1. The Balaban J connectivity index is 1.15. The van der Waals surface area contributed by atoms with Gasteiger partial charge in [0.15, 0.2) is 6.23 Å². The Labute approximate surface area is 157 Å². The Morgan fingerprint density at radius 1 is 1.12 bits per heavy atom. The van der Waals surface area contributed by atoms with Crippen LogP contribution in [0.15, 0.2) is 0 Å². The van der Waals surface area contributed by atoms with Crippen LogP contribution in [0.1, 0.15) is 38.5 Å². The van der Waals surface area contributed by atoms with Gasteiger partial charge in [-0.3, -0.25) is 10.2 Å². The van der Waals surface area contributed by atoms with E-state index >= 15 is 0 Å². The van der Waals surface area contributed by atoms with E-state index in [1.165, 1.54) is 58.2 Å². The maximum atomic E-state index is 6.09. The Bertz CT molecular complexity index is 471. The molecule has 0 amide bonds. The monoisotopic (exact) mass is 367 g/mol. The Morgan fingerprint density at radius 2 is 2.00 bits per heavy atom. The summed E-state index contributed by atoms with van der Waals surface area (Å²) in [5, 5.41) is 6.37. The molecule has 1 aliphatic carbocycles. The first-order chi connectivity index (χ1) is 12.9. The third kappa shape index (κ3) is 3.94. The first kappa shape index (κ1) is 17.8. The zero-order chi connectivity index (χ0) is 17.3. The van der Waals surface area contributed by atoms with Gasteiger partial charge < -0.3 is 15.0 Å². The minimum atomic E-state index is 0.198. The summed E-state index contributed by atoms with van der Waals surface area (Å²) >= 11 is 0. The van der Waals surface area contributed by atoms with Crippen LogP contribution in [-0.2, 0) is 9.57 Å². The van der Waals surface area contributed by atoms with Crippen LogP contribution in [-0.4, -0.2) is 75.4 Å². The van der Waals surface area contributed by atoms with Crippen LogP contribution in [0, 0.1) is 11.8 Å². The molecule has 5 unspecified atom stereocenters. The zero-order valence-corrected chi connectivity index (χ0v) is 16.0. The number of morpholine rings is 1. The first-order valence-corrected chi connectivity index (χ1v) is 11.0. The lowest BCUT2D eigenvalue weighted by Crippen LogP contribution is -3.15. The number of hydrogen-bond donors (Lipinski definition) is 4. The van der Waals surface area contributed by atoms with Crippen LogP contribution in [0.4, 0.5) is 0 Å². The van der Waals surface area contributed by atoms with E-state index in [1.54, 1.807) is 4.90 Å². The highest BCUT2D eigenvalue weighted by Crippen LogP contribution is 2.28. The largest absolute Gasteiger partial charge is 0.379 e. The fraction of sp³-hybridized carbons (Fsp3) is 1.00. The van der Waals surface area contributed by atoms with E-state index in [-0.39, 0.29) is 6.23 Å². The number of nitrogens with two attached hydrogens (primary N) is 1. The average molecular weight is 368 g/mol. The van der Waals surface area contributed by atoms with Crippen molar-refractivity contribution >= 4 is 0 Å². The molecule has 0 aromatic rings. The van der Waals surface area contributed by atoms with Gasteiger partial charge in [-0.15, -0.1) is 0 Å². The Hall–Kier alpha value is -0.280. The van der Waals surface area contributed by atoms with Crippen LogP contribution in [0.25, 0.3) is 0 Å². The summed E-state index contributed by atoms with van der Waals surface area (Å²) in [6.45, 7) is 7.88. The summed E-state index contributed by atoms with van der Waals surface area (Å²) in [7, 11) is 0. The van der Waals surface area contributed by atoms with Gasteiger partial charge >= 0.3 is 0 Å². The van der Waals surface area contributed by atoms with Crippen LogP contribution in [0.3, 0.4) is 0 Å². The summed E-state index contributed by atoms with van der Waals surface area (Å²) in [5.41, 5.74) is 3.38. The van der Waals surface area contributed by atoms with Crippen LogP contribution < -0.4 is 21.0 Å². The molecular formula is C19H37N5O2+2. The maximum Gasteiger partial charge on any atom is 0.183 e. The third-order valence-corrected chi connectivity index (χ3v) is 7.32. The molecule has 4 saturated heterocycles. The second-order valence-electron chi connectivity index (χ2n) is 9.13. The molecule has 7 heteroatoms. The van der Waals surface area contributed by atoms with Gasteiger partial charge in [-0.25, -0.2) is 4.90 Å². The van der Waals surface area contributed by atoms with E-state index < -0.39 is 0 Å². The highest BCUT2D eigenvalue weighted by molar-refractivity contribution is 4.85. The molecule has 0 radical (unpaired) electrons. The topological polar surface area (TPSA) is 66.8 Å². The van der Waals surface area contributed by atoms with Crippen LogP contribution >= 0.6 is 0 Å². The molecule has 0 bridgehead atoms. The molecule has 7 nitrogen and oxygen atoms in total. The lowest BCUT2D eigenvalue weighted by atomic mass is 9.92. The van der Waals surface area contributed by atoms with E-state index in [0.717, 1.165) is 32.2 Å². The van der Waals surface area contributed by atoms with Crippen molar-refractivity contribution in [2.75, 3.05) is 45.9 Å². The number of nitrogens with zero attached hydrogens (tertiary/aromatic N) is 1. The van der Waals surface area contributed by atoms with Gasteiger partial charge in [-0.05, 0) is 12.8 Å². The van der Waals surface area contributed by atoms with Crippen molar-refractivity contribution < 1.29 is 19.8 Å². The van der Waals surface area contributed by atoms with Gasteiger partial charge in [0.05, 0.1) is 39.0 Å². The van der Waals surface area contributed by atoms with E-state index in [9.17, 15) is 0 Å². The number of ether oxygens (including phenoxy) is 1. The SMILES string of the molecule is C1C[C@H](C2NC(C3CC[NH2+]C(N4CCOCC4)C3)NO2)[NH+](CC2CC2)C1. The number of likely N-dealkylation sites (tertiary alicyclic amines) is 1. The second-order valence-corrected chi connectivity index (χ2v) is 9.13. The summed E-state index contributed by atoms with van der Waals surface area (Å²) in [6, 6.07) is 0.637. The molecule has 1 saturated carbocycles. The van der Waals surface area contributed by atoms with Gasteiger partial charge in [0, 0.05) is 50.6 Å². The minimum absolute atomic E-state index is 0.198. The summed E-state index contributed by atoms with van der Waals surface area (Å²) < 4.78 is 5.53. The van der Waals surface area contributed by atoms with Crippen LogP contribution in [0.5, 0.6) is 0 Å². The molecule has 5 rings (SSSR count). The summed E-state index contributed by atoms with van der Waals surface area (Å²) in [6.07, 6.45) is 9.22. The molecule has 5 N–H and O–H groups in total. The van der Waals surface area contributed by atoms with Crippen molar-refractivity contribution in [1.29, 1.82) is 0 Å². The van der Waals surface area contributed by atoms with E-state index in [0.29, 0.717) is 24.3 Å². The van der Waals surface area contributed by atoms with Crippen molar-refractivity contribution in [2.24, 2.45) is 11.8 Å². The Kier molecular flexibility index (Phi) is 5.47. The molecule has 4 aliphatic heterocycles. The first-order valence-electron chi connectivity index (χ1n) is 11.0. The molecule has 5 aliphatic rings. The molecule has 0 aromatic carbocycles. The molecule has 0 aromatic heterocycles. The van der Waals surface area contributed by atoms with Gasteiger partial charge in [-0.2, -0.15) is 5.48 Å². The normalized spacial score (nSPS) is 45.2. The van der Waals surface area contributed by atoms with E-state index in [1.807, 2.05) is 0 Å². The Morgan fingerprint density at radius 3 is 2.85 bits per heavy atom. The maximum absolute atomic E-state index is 6.09. The van der Waals surface area contributed by atoms with E-state index in [4.69, 9.17) is 9.57 Å². The van der Waals surface area contributed by atoms with Gasteiger partial charge in [0.2, 0.25) is 0 Å². The fourth-order valence-electron chi connectivity index (χ4n) is 5.61. The summed E-state index contributed by atoms with van der Waals surface area (Å²) in [4.78, 5) is 10.5. The predicted molar refractivity (Wildman–Crippen MR) is 97.1 cm³/mol. The van der Waals surface area contributed by atoms with Crippen molar-refractivity contribution in [3.8, 4) is 0 Å². The average Bonchev–Trinajstić information content (AvgIpc) is 3.18. The molecule has 5 fully saturated rings. The molecule has 26 heavy (non-hydrogen) atoms. The second kappa shape index (κ2) is 7.99. The molecular weight excluding hydrogens is 330 g/mol. The van der Waals surface area contributed by atoms with Crippen molar-refractivity contribution in [3.63, 3.8) is 0 Å². The quantitative estimate of drug-likeness (QED) is 0.446. The molecule has 0 spiro atoms. The number of hydrogen-bond acceptors (Lipinski definition) is 5. The lowest BCUT2D eigenvalue weighted by molar-refractivity contribution is -0.918. The number of quaternary nitrogens is 2. The summed E-state index contributed by atoms with van der Waals surface area (Å²) in [5.74, 6) is 1.66. The van der Waals surface area contributed by atoms with Crippen molar-refractivity contribution in [1.82, 2.24) is 15.7 Å². The molecule has 148 valence electrons. The predicted octanol–water partition coefficient (Wildman–Crippen LogP) is -2.15. The van der Waals surface area contributed by atoms with Gasteiger partial charge in [0.1, 0.15) is 12.2 Å². The highest BCUT2D eigenvalue weighted by atomic mass is 16.7. The van der Waals surface area contributed by atoms with Crippen molar-refractivity contribution in [2.45, 2.75) is 63.1 Å². The number of hydroxylamine groups is 1. The number of piperidine rings is 1. The smallest absolute Gasteiger partial charge is 0.183 e. The fourth-order valence-corrected chi connectivity index (χ4v) is 5.61. The minimum Gasteiger partial charge on any atom is -0.379 e. The van der Waals surface area contributed by atoms with E-state index in [2.05, 4.69) is 21.0 Å².